The molecule has 60 valence electrons. The summed E-state index contributed by atoms with van der Waals surface area (Å²) in [5.41, 5.74) is 0. The molecule has 0 spiro atoms. The molecule has 0 aliphatic heterocycles. The second-order valence-corrected chi connectivity index (χ2v) is 4.06. The summed E-state index contributed by atoms with van der Waals surface area (Å²) in [5.74, 6) is 1.65. The van der Waals surface area contributed by atoms with Gasteiger partial charge in [0.2, 0.25) is 0 Å². The number of hydrogen-bond donors (Lipinski definition) is 0. The Morgan fingerprint density at radius 1 is 1.50 bits per heavy atom. The first-order valence-corrected chi connectivity index (χ1v) is 4.83. The first-order chi connectivity index (χ1) is 4.75. The minimum atomic E-state index is 0.481. The minimum Gasteiger partial charge on any atom is -0.123 e. The Balaban J connectivity index is 2.38. The molecule has 0 amide bonds. The van der Waals surface area contributed by atoms with E-state index >= 15 is 0 Å². The molecule has 0 saturated heterocycles. The van der Waals surface area contributed by atoms with Crippen LogP contribution in [0.15, 0.2) is 0 Å². The molecule has 0 bridgehead atoms. The third-order valence-corrected chi connectivity index (χ3v) is 3.40. The summed E-state index contributed by atoms with van der Waals surface area (Å²) >= 11 is 6.15. The SMILES string of the molecule is CCC(C)C1CCCC1Cl. The molecule has 0 nitrogen and oxygen atoms in total. The van der Waals surface area contributed by atoms with E-state index in [0.29, 0.717) is 5.38 Å². The fourth-order valence-corrected chi connectivity index (χ4v) is 2.42. The van der Waals surface area contributed by atoms with Gasteiger partial charge in [-0.25, -0.2) is 0 Å². The van der Waals surface area contributed by atoms with Crippen molar-refractivity contribution in [2.75, 3.05) is 0 Å². The van der Waals surface area contributed by atoms with E-state index in [2.05, 4.69) is 13.8 Å². The Morgan fingerprint density at radius 2 is 2.20 bits per heavy atom. The molecule has 1 saturated carbocycles. The molecule has 3 atom stereocenters. The van der Waals surface area contributed by atoms with Crippen LogP contribution in [0.2, 0.25) is 0 Å². The predicted molar refractivity (Wildman–Crippen MR) is 46.4 cm³/mol. The van der Waals surface area contributed by atoms with Crippen LogP contribution in [0.3, 0.4) is 0 Å². The van der Waals surface area contributed by atoms with Gasteiger partial charge in [-0.05, 0) is 24.7 Å². The Bertz CT molecular complexity index is 101. The molecule has 0 heterocycles. The third kappa shape index (κ3) is 1.66. The van der Waals surface area contributed by atoms with Crippen LogP contribution in [0, 0.1) is 11.8 Å². The van der Waals surface area contributed by atoms with E-state index in [9.17, 15) is 0 Å². The second-order valence-electron chi connectivity index (χ2n) is 3.50. The van der Waals surface area contributed by atoms with E-state index in [4.69, 9.17) is 11.6 Å². The second kappa shape index (κ2) is 3.61. The zero-order valence-electron chi connectivity index (χ0n) is 6.94. The van der Waals surface area contributed by atoms with Crippen molar-refractivity contribution in [3.63, 3.8) is 0 Å². The quantitative estimate of drug-likeness (QED) is 0.543. The molecular formula is C9H17Cl. The van der Waals surface area contributed by atoms with Gasteiger partial charge in [-0.1, -0.05) is 26.7 Å². The van der Waals surface area contributed by atoms with Crippen LogP contribution >= 0.6 is 11.6 Å². The smallest absolute Gasteiger partial charge is 0.0366 e. The van der Waals surface area contributed by atoms with Crippen molar-refractivity contribution in [3.05, 3.63) is 0 Å². The molecule has 1 heteroatoms. The summed E-state index contributed by atoms with van der Waals surface area (Å²) in [6, 6.07) is 0. The largest absolute Gasteiger partial charge is 0.123 e. The van der Waals surface area contributed by atoms with E-state index < -0.39 is 0 Å². The van der Waals surface area contributed by atoms with Crippen LogP contribution in [-0.4, -0.2) is 5.38 Å². The van der Waals surface area contributed by atoms with Gasteiger partial charge in [0.25, 0.3) is 0 Å². The van der Waals surface area contributed by atoms with Crippen molar-refractivity contribution < 1.29 is 0 Å². The Kier molecular flexibility index (Phi) is 3.03. The van der Waals surface area contributed by atoms with Crippen molar-refractivity contribution in [2.45, 2.75) is 44.9 Å². The molecule has 0 radical (unpaired) electrons. The first kappa shape index (κ1) is 8.39. The van der Waals surface area contributed by atoms with Gasteiger partial charge in [0.15, 0.2) is 0 Å². The maximum absolute atomic E-state index is 6.15. The van der Waals surface area contributed by atoms with E-state index in [1.165, 1.54) is 25.7 Å². The van der Waals surface area contributed by atoms with Gasteiger partial charge in [0.1, 0.15) is 0 Å². The zero-order chi connectivity index (χ0) is 7.56. The van der Waals surface area contributed by atoms with Crippen LogP contribution in [0.1, 0.15) is 39.5 Å². The van der Waals surface area contributed by atoms with E-state index in [-0.39, 0.29) is 0 Å². The summed E-state index contributed by atoms with van der Waals surface area (Å²) in [6.07, 6.45) is 5.25. The summed E-state index contributed by atoms with van der Waals surface area (Å²) in [5, 5.41) is 0.481. The number of hydrogen-bond acceptors (Lipinski definition) is 0. The Hall–Kier alpha value is 0.290. The number of rotatable bonds is 2. The molecule has 0 N–H and O–H groups in total. The predicted octanol–water partition coefficient (Wildman–Crippen LogP) is 3.44. The van der Waals surface area contributed by atoms with Crippen molar-refractivity contribution in [1.82, 2.24) is 0 Å². The van der Waals surface area contributed by atoms with Crippen molar-refractivity contribution in [1.29, 1.82) is 0 Å². The number of alkyl halides is 1. The van der Waals surface area contributed by atoms with E-state index in [1.54, 1.807) is 0 Å². The lowest BCUT2D eigenvalue weighted by atomic mass is 9.90. The fourth-order valence-electron chi connectivity index (χ4n) is 1.89. The molecule has 1 rings (SSSR count). The maximum Gasteiger partial charge on any atom is 0.0366 e. The number of halogens is 1. The van der Waals surface area contributed by atoms with Gasteiger partial charge in [0, 0.05) is 5.38 Å². The van der Waals surface area contributed by atoms with Crippen LogP contribution in [0.5, 0.6) is 0 Å². The fraction of sp³-hybridized carbons (Fsp3) is 1.00. The van der Waals surface area contributed by atoms with Gasteiger partial charge in [-0.2, -0.15) is 0 Å². The summed E-state index contributed by atoms with van der Waals surface area (Å²) < 4.78 is 0. The summed E-state index contributed by atoms with van der Waals surface area (Å²) in [7, 11) is 0. The highest BCUT2D eigenvalue weighted by molar-refractivity contribution is 6.20. The van der Waals surface area contributed by atoms with Gasteiger partial charge in [0.05, 0.1) is 0 Å². The molecule has 10 heavy (non-hydrogen) atoms. The molecular weight excluding hydrogens is 144 g/mol. The maximum atomic E-state index is 6.15. The standard InChI is InChI=1S/C9H17Cl/c1-3-7(2)8-5-4-6-9(8)10/h7-9H,3-6H2,1-2H3. The molecule has 1 fully saturated rings. The molecule has 1 aliphatic carbocycles. The van der Waals surface area contributed by atoms with Crippen LogP contribution in [-0.2, 0) is 0 Å². The molecule has 1 aliphatic rings. The Labute approximate surface area is 69.0 Å². The highest BCUT2D eigenvalue weighted by Crippen LogP contribution is 2.36. The van der Waals surface area contributed by atoms with Crippen molar-refractivity contribution >= 4 is 11.6 Å². The van der Waals surface area contributed by atoms with E-state index in [0.717, 1.165) is 11.8 Å². The van der Waals surface area contributed by atoms with Gasteiger partial charge >= 0.3 is 0 Å². The lowest BCUT2D eigenvalue weighted by Crippen LogP contribution is -2.15. The molecule has 0 aromatic carbocycles. The van der Waals surface area contributed by atoms with Gasteiger partial charge in [-0.3, -0.25) is 0 Å². The lowest BCUT2D eigenvalue weighted by Gasteiger charge is -2.19. The zero-order valence-corrected chi connectivity index (χ0v) is 7.69. The molecule has 3 unspecified atom stereocenters. The summed E-state index contributed by atoms with van der Waals surface area (Å²) in [6.45, 7) is 4.58. The van der Waals surface area contributed by atoms with Crippen LogP contribution < -0.4 is 0 Å². The van der Waals surface area contributed by atoms with Crippen LogP contribution in [0.25, 0.3) is 0 Å². The summed E-state index contributed by atoms with van der Waals surface area (Å²) in [4.78, 5) is 0. The molecule has 0 aromatic heterocycles. The molecule has 0 aromatic rings. The normalized spacial score (nSPS) is 36.3. The minimum absolute atomic E-state index is 0.481. The average molecular weight is 161 g/mol. The third-order valence-electron chi connectivity index (χ3n) is 2.86. The van der Waals surface area contributed by atoms with Gasteiger partial charge < -0.3 is 0 Å². The van der Waals surface area contributed by atoms with E-state index in [1.807, 2.05) is 0 Å². The van der Waals surface area contributed by atoms with Crippen LogP contribution in [0.4, 0.5) is 0 Å². The highest BCUT2D eigenvalue weighted by Gasteiger charge is 2.28. The first-order valence-electron chi connectivity index (χ1n) is 4.39. The Morgan fingerprint density at radius 3 is 2.60 bits per heavy atom. The van der Waals surface area contributed by atoms with Crippen molar-refractivity contribution in [2.24, 2.45) is 11.8 Å². The topological polar surface area (TPSA) is 0 Å². The highest BCUT2D eigenvalue weighted by atomic mass is 35.5. The monoisotopic (exact) mass is 160 g/mol. The van der Waals surface area contributed by atoms with Gasteiger partial charge in [-0.15, -0.1) is 11.6 Å². The lowest BCUT2D eigenvalue weighted by molar-refractivity contribution is 0.361. The van der Waals surface area contributed by atoms with Crippen molar-refractivity contribution in [3.8, 4) is 0 Å². The average Bonchev–Trinajstić information content (AvgIpc) is 2.34.